The third-order valence-electron chi connectivity index (χ3n) is 3.00. The van der Waals surface area contributed by atoms with Gasteiger partial charge in [-0.3, -0.25) is 0 Å². The maximum Gasteiger partial charge on any atom is 0.416 e. The first kappa shape index (κ1) is 15.6. The summed E-state index contributed by atoms with van der Waals surface area (Å²) in [6, 6.07) is 7.73. The summed E-state index contributed by atoms with van der Waals surface area (Å²) in [6.07, 6.45) is -4.52. The van der Waals surface area contributed by atoms with Gasteiger partial charge in [-0.25, -0.2) is 9.59 Å². The van der Waals surface area contributed by atoms with Crippen LogP contribution in [0.2, 0.25) is 0 Å². The van der Waals surface area contributed by atoms with Gasteiger partial charge in [0.2, 0.25) is 0 Å². The van der Waals surface area contributed by atoms with Gasteiger partial charge in [0.25, 0.3) is 0 Å². The Balaban J connectivity index is 2.57. The topological polar surface area (TPSA) is 74.6 Å². The second kappa shape index (κ2) is 5.51. The highest BCUT2D eigenvalue weighted by molar-refractivity contribution is 6.02. The molecule has 0 aromatic heterocycles. The first-order chi connectivity index (χ1) is 10.2. The lowest BCUT2D eigenvalue weighted by Crippen LogP contribution is -2.08. The molecule has 2 aromatic rings. The predicted octanol–water partition coefficient (Wildman–Crippen LogP) is 3.77. The number of carboxylic acid groups (broad SMARTS) is 2. The van der Waals surface area contributed by atoms with E-state index in [4.69, 9.17) is 10.2 Å². The molecule has 0 radical (unpaired) electrons. The summed E-state index contributed by atoms with van der Waals surface area (Å²) in [5, 5.41) is 17.9. The van der Waals surface area contributed by atoms with Crippen LogP contribution in [0.15, 0.2) is 42.5 Å². The number of benzene rings is 2. The molecule has 0 aliphatic rings. The summed E-state index contributed by atoms with van der Waals surface area (Å²) in [5.74, 6) is -2.89. The molecule has 0 saturated carbocycles. The third kappa shape index (κ3) is 3.08. The minimum Gasteiger partial charge on any atom is -0.478 e. The Morgan fingerprint density at radius 3 is 1.95 bits per heavy atom. The van der Waals surface area contributed by atoms with Crippen LogP contribution in [0.3, 0.4) is 0 Å². The van der Waals surface area contributed by atoms with E-state index in [2.05, 4.69) is 0 Å². The van der Waals surface area contributed by atoms with Crippen LogP contribution in [0.4, 0.5) is 13.2 Å². The maximum atomic E-state index is 12.7. The van der Waals surface area contributed by atoms with Crippen molar-refractivity contribution in [1.29, 1.82) is 0 Å². The largest absolute Gasteiger partial charge is 0.478 e. The molecule has 7 heteroatoms. The van der Waals surface area contributed by atoms with Gasteiger partial charge in [0, 0.05) is 0 Å². The van der Waals surface area contributed by atoms with Gasteiger partial charge in [-0.05, 0) is 35.4 Å². The van der Waals surface area contributed by atoms with Crippen molar-refractivity contribution < 1.29 is 33.0 Å². The van der Waals surface area contributed by atoms with Crippen molar-refractivity contribution in [3.8, 4) is 11.1 Å². The lowest BCUT2D eigenvalue weighted by Gasteiger charge is -2.10. The van der Waals surface area contributed by atoms with Gasteiger partial charge in [-0.1, -0.05) is 18.2 Å². The molecule has 2 aromatic carbocycles. The van der Waals surface area contributed by atoms with E-state index in [-0.39, 0.29) is 11.1 Å². The highest BCUT2D eigenvalue weighted by Crippen LogP contribution is 2.32. The Hall–Kier alpha value is -2.83. The fraction of sp³-hybridized carbons (Fsp3) is 0.0667. The van der Waals surface area contributed by atoms with Crippen molar-refractivity contribution >= 4 is 11.9 Å². The fourth-order valence-electron chi connectivity index (χ4n) is 1.96. The zero-order chi connectivity index (χ0) is 16.5. The number of carboxylic acids is 2. The highest BCUT2D eigenvalue weighted by Gasteiger charge is 2.30. The minimum absolute atomic E-state index is 0.147. The summed E-state index contributed by atoms with van der Waals surface area (Å²) in [7, 11) is 0. The van der Waals surface area contributed by atoms with Crippen molar-refractivity contribution in [2.45, 2.75) is 6.18 Å². The SMILES string of the molecule is O=C(O)c1ccc(-c2cccc(C(F)(F)F)c2)cc1C(=O)O. The van der Waals surface area contributed by atoms with Gasteiger partial charge in [0.1, 0.15) is 0 Å². The van der Waals surface area contributed by atoms with Crippen LogP contribution in [0.5, 0.6) is 0 Å². The van der Waals surface area contributed by atoms with Gasteiger partial charge in [0.05, 0.1) is 16.7 Å². The van der Waals surface area contributed by atoms with Crippen LogP contribution in [0, 0.1) is 0 Å². The second-order valence-electron chi connectivity index (χ2n) is 4.45. The molecule has 0 bridgehead atoms. The number of halogens is 3. The van der Waals surface area contributed by atoms with Crippen LogP contribution < -0.4 is 0 Å². The lowest BCUT2D eigenvalue weighted by atomic mass is 9.98. The predicted molar refractivity (Wildman–Crippen MR) is 70.8 cm³/mol. The summed E-state index contributed by atoms with van der Waals surface area (Å²) in [5.41, 5.74) is -1.45. The number of carbonyl (C=O) groups is 2. The Morgan fingerprint density at radius 1 is 0.818 bits per heavy atom. The molecule has 2 rings (SSSR count). The Kier molecular flexibility index (Phi) is 3.90. The molecule has 0 amide bonds. The molecule has 2 N–H and O–H groups in total. The van der Waals surface area contributed by atoms with Crippen molar-refractivity contribution in [1.82, 2.24) is 0 Å². The molecule has 0 aliphatic carbocycles. The number of alkyl halides is 3. The van der Waals surface area contributed by atoms with E-state index in [9.17, 15) is 22.8 Å². The van der Waals surface area contributed by atoms with E-state index >= 15 is 0 Å². The summed E-state index contributed by atoms with van der Waals surface area (Å²) in [6.45, 7) is 0. The molecule has 0 heterocycles. The van der Waals surface area contributed by atoms with Crippen LogP contribution in [-0.4, -0.2) is 22.2 Å². The normalized spacial score (nSPS) is 11.2. The van der Waals surface area contributed by atoms with E-state index in [1.807, 2.05) is 0 Å². The van der Waals surface area contributed by atoms with Crippen molar-refractivity contribution in [2.75, 3.05) is 0 Å². The summed E-state index contributed by atoms with van der Waals surface area (Å²) in [4.78, 5) is 22.0. The maximum absolute atomic E-state index is 12.7. The monoisotopic (exact) mass is 310 g/mol. The standard InChI is InChI=1S/C15H9F3O4/c16-15(17,18)10-3-1-2-8(6-10)9-4-5-11(13(19)20)12(7-9)14(21)22/h1-7H,(H,19,20)(H,21,22). The highest BCUT2D eigenvalue weighted by atomic mass is 19.4. The van der Waals surface area contributed by atoms with E-state index in [0.717, 1.165) is 24.3 Å². The molecular weight excluding hydrogens is 301 g/mol. The smallest absolute Gasteiger partial charge is 0.416 e. The first-order valence-electron chi connectivity index (χ1n) is 5.98. The number of hydrogen-bond donors (Lipinski definition) is 2. The zero-order valence-electron chi connectivity index (χ0n) is 10.9. The van der Waals surface area contributed by atoms with Gasteiger partial charge >= 0.3 is 18.1 Å². The van der Waals surface area contributed by atoms with E-state index in [1.165, 1.54) is 18.2 Å². The molecule has 22 heavy (non-hydrogen) atoms. The van der Waals surface area contributed by atoms with Crippen LogP contribution in [0.1, 0.15) is 26.3 Å². The third-order valence-corrected chi connectivity index (χ3v) is 3.00. The van der Waals surface area contributed by atoms with E-state index < -0.39 is 34.8 Å². The van der Waals surface area contributed by atoms with Gasteiger partial charge in [-0.2, -0.15) is 13.2 Å². The van der Waals surface area contributed by atoms with Crippen molar-refractivity contribution in [3.63, 3.8) is 0 Å². The Labute approximate surface area is 122 Å². The number of hydrogen-bond acceptors (Lipinski definition) is 2. The van der Waals surface area contributed by atoms with Gasteiger partial charge in [-0.15, -0.1) is 0 Å². The molecule has 0 spiro atoms. The molecular formula is C15H9F3O4. The molecule has 0 fully saturated rings. The lowest BCUT2D eigenvalue weighted by molar-refractivity contribution is -0.137. The second-order valence-corrected chi connectivity index (χ2v) is 4.45. The average molecular weight is 310 g/mol. The molecule has 4 nitrogen and oxygen atoms in total. The molecule has 0 saturated heterocycles. The summed E-state index contributed by atoms with van der Waals surface area (Å²) >= 11 is 0. The molecule has 114 valence electrons. The van der Waals surface area contributed by atoms with Gasteiger partial charge < -0.3 is 10.2 Å². The number of aromatic carboxylic acids is 2. The average Bonchev–Trinajstić information content (AvgIpc) is 2.45. The van der Waals surface area contributed by atoms with Crippen LogP contribution in [0.25, 0.3) is 11.1 Å². The molecule has 0 unspecified atom stereocenters. The Bertz CT molecular complexity index is 751. The first-order valence-corrected chi connectivity index (χ1v) is 5.98. The van der Waals surface area contributed by atoms with Crippen molar-refractivity contribution in [3.05, 3.63) is 59.2 Å². The fourth-order valence-corrected chi connectivity index (χ4v) is 1.96. The zero-order valence-corrected chi connectivity index (χ0v) is 10.9. The van der Waals surface area contributed by atoms with Crippen molar-refractivity contribution in [2.24, 2.45) is 0 Å². The quantitative estimate of drug-likeness (QED) is 0.905. The molecule has 0 aliphatic heterocycles. The summed E-state index contributed by atoms with van der Waals surface area (Å²) < 4.78 is 38.1. The van der Waals surface area contributed by atoms with Gasteiger partial charge in [0.15, 0.2) is 0 Å². The number of rotatable bonds is 3. The van der Waals surface area contributed by atoms with E-state index in [0.29, 0.717) is 0 Å². The van der Waals surface area contributed by atoms with E-state index in [1.54, 1.807) is 0 Å². The Morgan fingerprint density at radius 2 is 1.41 bits per heavy atom. The minimum atomic E-state index is -4.52. The molecule has 0 atom stereocenters. The van der Waals surface area contributed by atoms with Crippen LogP contribution >= 0.6 is 0 Å². The van der Waals surface area contributed by atoms with Crippen LogP contribution in [-0.2, 0) is 6.18 Å².